The largest absolute Gasteiger partial charge is 0.352 e. The summed E-state index contributed by atoms with van der Waals surface area (Å²) in [7, 11) is 0. The summed E-state index contributed by atoms with van der Waals surface area (Å²) < 4.78 is 0. The molecule has 0 aliphatic heterocycles. The Morgan fingerprint density at radius 2 is 1.83 bits per heavy atom. The molecule has 0 saturated carbocycles. The third kappa shape index (κ3) is 5.32. The van der Waals surface area contributed by atoms with Crippen LogP contribution in [0.2, 0.25) is 0 Å². The second kappa shape index (κ2) is 7.17. The number of hydrogen-bond donors (Lipinski definition) is 2. The molecular formula is C15H24N2O. The Hall–Kier alpha value is -1.35. The molecule has 1 unspecified atom stereocenters. The van der Waals surface area contributed by atoms with Gasteiger partial charge in [-0.25, -0.2) is 0 Å². The number of benzene rings is 1. The monoisotopic (exact) mass is 248 g/mol. The van der Waals surface area contributed by atoms with Crippen LogP contribution in [0, 0.1) is 5.92 Å². The second-order valence-corrected chi connectivity index (χ2v) is 5.34. The van der Waals surface area contributed by atoms with Crippen LogP contribution in [-0.2, 0) is 11.2 Å². The first-order chi connectivity index (χ1) is 8.49. The molecule has 3 N–H and O–H groups in total. The van der Waals surface area contributed by atoms with Crippen LogP contribution in [0.4, 0.5) is 0 Å². The van der Waals surface area contributed by atoms with Gasteiger partial charge in [-0.05, 0) is 31.2 Å². The van der Waals surface area contributed by atoms with E-state index in [1.54, 1.807) is 0 Å². The minimum atomic E-state index is -0.470. The van der Waals surface area contributed by atoms with E-state index >= 15 is 0 Å². The molecule has 0 fully saturated rings. The van der Waals surface area contributed by atoms with Crippen molar-refractivity contribution in [1.29, 1.82) is 0 Å². The molecule has 1 aromatic rings. The fourth-order valence-electron chi connectivity index (χ4n) is 2.08. The van der Waals surface area contributed by atoms with Crippen molar-refractivity contribution in [2.75, 3.05) is 0 Å². The van der Waals surface area contributed by atoms with Gasteiger partial charge in [-0.3, -0.25) is 4.79 Å². The number of amides is 1. The normalized spacial score (nSPS) is 14.3. The van der Waals surface area contributed by atoms with Gasteiger partial charge in [-0.15, -0.1) is 0 Å². The minimum absolute atomic E-state index is 0.0630. The lowest BCUT2D eigenvalue weighted by molar-refractivity contribution is -0.123. The first-order valence-electron chi connectivity index (χ1n) is 6.59. The van der Waals surface area contributed by atoms with Crippen LogP contribution in [0.3, 0.4) is 0 Å². The lowest BCUT2D eigenvalue weighted by Crippen LogP contribution is -2.45. The van der Waals surface area contributed by atoms with Gasteiger partial charge < -0.3 is 11.1 Å². The number of rotatable bonds is 6. The maximum Gasteiger partial charge on any atom is 0.237 e. The summed E-state index contributed by atoms with van der Waals surface area (Å²) in [5.41, 5.74) is 7.01. The van der Waals surface area contributed by atoms with E-state index in [1.165, 1.54) is 0 Å². The highest BCUT2D eigenvalue weighted by Gasteiger charge is 2.16. The molecular weight excluding hydrogens is 224 g/mol. The standard InChI is InChI=1S/C15H24N2O/c1-11(2)9-12(3)17-15(18)14(16)10-13-7-5-4-6-8-13/h4-8,11-12,14H,9-10,16H2,1-3H3,(H,17,18)/t12?,14-/m1/s1. The number of carbonyl (C=O) groups excluding carboxylic acids is 1. The van der Waals surface area contributed by atoms with Crippen LogP contribution in [-0.4, -0.2) is 18.0 Å². The molecule has 1 aromatic carbocycles. The Labute approximate surface area is 110 Å². The molecule has 0 aliphatic carbocycles. The van der Waals surface area contributed by atoms with Crippen molar-refractivity contribution in [3.05, 3.63) is 35.9 Å². The third-order valence-electron chi connectivity index (χ3n) is 2.85. The van der Waals surface area contributed by atoms with Crippen molar-refractivity contribution in [2.45, 2.75) is 45.7 Å². The predicted octanol–water partition coefficient (Wildman–Crippen LogP) is 2.11. The van der Waals surface area contributed by atoms with Gasteiger partial charge in [-0.1, -0.05) is 44.2 Å². The molecule has 0 heterocycles. The van der Waals surface area contributed by atoms with E-state index in [0.29, 0.717) is 12.3 Å². The zero-order valence-electron chi connectivity index (χ0n) is 11.5. The lowest BCUT2D eigenvalue weighted by Gasteiger charge is -2.19. The molecule has 1 amide bonds. The summed E-state index contributed by atoms with van der Waals surface area (Å²) in [5.74, 6) is 0.512. The molecule has 18 heavy (non-hydrogen) atoms. The molecule has 3 nitrogen and oxygen atoms in total. The number of carbonyl (C=O) groups is 1. The quantitative estimate of drug-likeness (QED) is 0.810. The smallest absolute Gasteiger partial charge is 0.237 e. The van der Waals surface area contributed by atoms with Gasteiger partial charge >= 0.3 is 0 Å². The second-order valence-electron chi connectivity index (χ2n) is 5.34. The summed E-state index contributed by atoms with van der Waals surface area (Å²) in [6.45, 7) is 6.31. The van der Waals surface area contributed by atoms with E-state index in [0.717, 1.165) is 12.0 Å². The summed E-state index contributed by atoms with van der Waals surface area (Å²) >= 11 is 0. The van der Waals surface area contributed by atoms with E-state index in [-0.39, 0.29) is 11.9 Å². The Balaban J connectivity index is 2.42. The predicted molar refractivity (Wildman–Crippen MR) is 75.2 cm³/mol. The molecule has 0 aromatic heterocycles. The SMILES string of the molecule is CC(C)CC(C)NC(=O)[C@H](N)Cc1ccccc1. The Bertz CT molecular complexity index is 362. The number of hydrogen-bond acceptors (Lipinski definition) is 2. The maximum absolute atomic E-state index is 11.9. The fourth-order valence-corrected chi connectivity index (χ4v) is 2.08. The summed E-state index contributed by atoms with van der Waals surface area (Å²) in [6, 6.07) is 9.57. The van der Waals surface area contributed by atoms with E-state index in [4.69, 9.17) is 5.73 Å². The molecule has 3 heteroatoms. The van der Waals surface area contributed by atoms with Gasteiger partial charge in [0.25, 0.3) is 0 Å². The Morgan fingerprint density at radius 1 is 1.22 bits per heavy atom. The molecule has 100 valence electrons. The summed E-state index contributed by atoms with van der Waals surface area (Å²) in [6.07, 6.45) is 1.56. The van der Waals surface area contributed by atoms with Crippen LogP contribution >= 0.6 is 0 Å². The Morgan fingerprint density at radius 3 is 2.39 bits per heavy atom. The average Bonchev–Trinajstić information content (AvgIpc) is 2.28. The number of nitrogens with two attached hydrogens (primary N) is 1. The van der Waals surface area contributed by atoms with Crippen molar-refractivity contribution in [1.82, 2.24) is 5.32 Å². The zero-order valence-corrected chi connectivity index (χ0v) is 11.5. The maximum atomic E-state index is 11.9. The molecule has 0 bridgehead atoms. The van der Waals surface area contributed by atoms with Crippen LogP contribution in [0.5, 0.6) is 0 Å². The molecule has 0 radical (unpaired) electrons. The Kier molecular flexibility index (Phi) is 5.86. The van der Waals surface area contributed by atoms with Crippen LogP contribution in [0.1, 0.15) is 32.8 Å². The average molecular weight is 248 g/mol. The van der Waals surface area contributed by atoms with Crippen LogP contribution in [0.25, 0.3) is 0 Å². The lowest BCUT2D eigenvalue weighted by atomic mass is 10.0. The van der Waals surface area contributed by atoms with Crippen LogP contribution in [0.15, 0.2) is 30.3 Å². The van der Waals surface area contributed by atoms with Gasteiger partial charge in [0.05, 0.1) is 6.04 Å². The van der Waals surface area contributed by atoms with Crippen molar-refractivity contribution in [3.8, 4) is 0 Å². The molecule has 0 aliphatic rings. The van der Waals surface area contributed by atoms with E-state index in [2.05, 4.69) is 19.2 Å². The third-order valence-corrected chi connectivity index (χ3v) is 2.85. The molecule has 2 atom stereocenters. The van der Waals surface area contributed by atoms with Gasteiger partial charge in [0.2, 0.25) is 5.91 Å². The van der Waals surface area contributed by atoms with Gasteiger partial charge in [0.15, 0.2) is 0 Å². The van der Waals surface area contributed by atoms with Gasteiger partial charge in [0.1, 0.15) is 0 Å². The first-order valence-corrected chi connectivity index (χ1v) is 6.59. The molecule has 0 saturated heterocycles. The fraction of sp³-hybridized carbons (Fsp3) is 0.533. The topological polar surface area (TPSA) is 55.1 Å². The van der Waals surface area contributed by atoms with Gasteiger partial charge in [-0.2, -0.15) is 0 Å². The highest BCUT2D eigenvalue weighted by atomic mass is 16.2. The van der Waals surface area contributed by atoms with E-state index < -0.39 is 6.04 Å². The molecule has 1 rings (SSSR count). The minimum Gasteiger partial charge on any atom is -0.352 e. The molecule has 0 spiro atoms. The highest BCUT2D eigenvalue weighted by Crippen LogP contribution is 2.05. The number of nitrogens with one attached hydrogen (secondary N) is 1. The summed E-state index contributed by atoms with van der Waals surface area (Å²) in [5, 5.41) is 2.97. The van der Waals surface area contributed by atoms with E-state index in [1.807, 2.05) is 37.3 Å². The van der Waals surface area contributed by atoms with Crippen molar-refractivity contribution < 1.29 is 4.79 Å². The van der Waals surface area contributed by atoms with Crippen molar-refractivity contribution in [3.63, 3.8) is 0 Å². The van der Waals surface area contributed by atoms with Crippen molar-refractivity contribution >= 4 is 5.91 Å². The highest BCUT2D eigenvalue weighted by molar-refractivity contribution is 5.82. The van der Waals surface area contributed by atoms with Crippen molar-refractivity contribution in [2.24, 2.45) is 11.7 Å². The zero-order chi connectivity index (χ0) is 13.5. The summed E-state index contributed by atoms with van der Waals surface area (Å²) in [4.78, 5) is 11.9. The van der Waals surface area contributed by atoms with Crippen LogP contribution < -0.4 is 11.1 Å². The first kappa shape index (κ1) is 14.7. The van der Waals surface area contributed by atoms with E-state index in [9.17, 15) is 4.79 Å². The van der Waals surface area contributed by atoms with Gasteiger partial charge in [0, 0.05) is 6.04 Å².